The Morgan fingerprint density at radius 1 is 1.45 bits per heavy atom. The minimum Gasteiger partial charge on any atom is -0.370 e. The van der Waals surface area contributed by atoms with Gasteiger partial charge in [-0.15, -0.1) is 0 Å². The largest absolute Gasteiger partial charge is 0.370 e. The Morgan fingerprint density at radius 3 is 2.80 bits per heavy atom. The molecule has 0 N–H and O–H groups in total. The number of ether oxygens (including phenoxy) is 1. The predicted molar refractivity (Wildman–Crippen MR) is 89.8 cm³/mol. The molecular formula is C17H29NOS. The first-order chi connectivity index (χ1) is 9.39. The zero-order chi connectivity index (χ0) is 14.8. The molecule has 1 aromatic heterocycles. The van der Waals surface area contributed by atoms with Crippen molar-refractivity contribution in [1.29, 1.82) is 0 Å². The number of pyridine rings is 1. The lowest BCUT2D eigenvalue weighted by Gasteiger charge is -2.36. The van der Waals surface area contributed by atoms with Gasteiger partial charge in [-0.2, -0.15) is 0 Å². The lowest BCUT2D eigenvalue weighted by Crippen LogP contribution is -2.23. The van der Waals surface area contributed by atoms with Crippen LogP contribution in [0.5, 0.6) is 0 Å². The molecule has 3 heteroatoms. The fourth-order valence-corrected chi connectivity index (χ4v) is 4.04. The highest BCUT2D eigenvalue weighted by molar-refractivity contribution is 8.17. The molecule has 0 bridgehead atoms. The third kappa shape index (κ3) is 4.23. The normalized spacial score (nSPS) is 26.1. The topological polar surface area (TPSA) is 22.1 Å². The number of rotatable bonds is 6. The first kappa shape index (κ1) is 15.8. The molecule has 3 unspecified atom stereocenters. The van der Waals surface area contributed by atoms with E-state index < -0.39 is 0 Å². The summed E-state index contributed by atoms with van der Waals surface area (Å²) in [6.07, 6.45) is 8.72. The van der Waals surface area contributed by atoms with Crippen molar-refractivity contribution in [3.8, 4) is 0 Å². The Morgan fingerprint density at radius 2 is 2.20 bits per heavy atom. The van der Waals surface area contributed by atoms with E-state index in [4.69, 9.17) is 4.74 Å². The summed E-state index contributed by atoms with van der Waals surface area (Å²) < 4.78 is 6.46. The van der Waals surface area contributed by atoms with Gasteiger partial charge in [-0.3, -0.25) is 4.98 Å². The molecule has 1 aromatic rings. The summed E-state index contributed by atoms with van der Waals surface area (Å²) in [6.45, 7) is 10.1. The molecule has 2 rings (SSSR count). The molecule has 0 saturated heterocycles. The molecule has 1 aliphatic rings. The van der Waals surface area contributed by atoms with Gasteiger partial charge in [-0.25, -0.2) is 10.9 Å². The van der Waals surface area contributed by atoms with Crippen molar-refractivity contribution < 1.29 is 4.74 Å². The highest BCUT2D eigenvalue weighted by atomic mass is 32.2. The number of thiol groups is 1. The average Bonchev–Trinajstić information content (AvgIpc) is 3.17. The number of hydrogen-bond donors (Lipinski definition) is 1. The van der Waals surface area contributed by atoms with Crippen molar-refractivity contribution in [3.63, 3.8) is 0 Å². The van der Waals surface area contributed by atoms with E-state index in [0.29, 0.717) is 10.2 Å². The molecule has 4 atom stereocenters. The lowest BCUT2D eigenvalue weighted by molar-refractivity contribution is 0.116. The van der Waals surface area contributed by atoms with E-state index in [1.54, 1.807) is 0 Å². The molecule has 0 spiro atoms. The summed E-state index contributed by atoms with van der Waals surface area (Å²) >= 11 is 0. The first-order valence-electron chi connectivity index (χ1n) is 7.64. The second-order valence-corrected chi connectivity index (χ2v) is 10.2. The molecule has 1 heterocycles. The highest BCUT2D eigenvalue weighted by Gasteiger charge is 2.37. The summed E-state index contributed by atoms with van der Waals surface area (Å²) in [5.41, 5.74) is 1.80. The number of aromatic nitrogens is 1. The monoisotopic (exact) mass is 295 g/mol. The van der Waals surface area contributed by atoms with Gasteiger partial charge in [0.05, 0.1) is 5.44 Å². The molecule has 2 nitrogen and oxygen atoms in total. The van der Waals surface area contributed by atoms with Crippen LogP contribution in [0.4, 0.5) is 0 Å². The SMILES string of the molecule is C[C@@H](OCCC1CC1c1cccnc1)[SH](C)C(C)(C)C. The van der Waals surface area contributed by atoms with Crippen molar-refractivity contribution in [2.75, 3.05) is 12.9 Å². The summed E-state index contributed by atoms with van der Waals surface area (Å²) in [5.74, 6) is 1.54. The Hall–Kier alpha value is -0.540. The Kier molecular flexibility index (Phi) is 5.14. The van der Waals surface area contributed by atoms with Crippen LogP contribution in [0.3, 0.4) is 0 Å². The van der Waals surface area contributed by atoms with Gasteiger partial charge in [0.1, 0.15) is 0 Å². The molecule has 20 heavy (non-hydrogen) atoms. The van der Waals surface area contributed by atoms with Crippen LogP contribution in [0.25, 0.3) is 0 Å². The van der Waals surface area contributed by atoms with Gasteiger partial charge in [0, 0.05) is 19.0 Å². The van der Waals surface area contributed by atoms with E-state index in [2.05, 4.69) is 45.0 Å². The Labute approximate surface area is 126 Å². The predicted octanol–water partition coefficient (Wildman–Crippen LogP) is 4.37. The lowest BCUT2D eigenvalue weighted by atomic mass is 10.1. The van der Waals surface area contributed by atoms with Crippen LogP contribution >= 0.6 is 10.9 Å². The maximum atomic E-state index is 6.08. The van der Waals surface area contributed by atoms with Gasteiger partial charge < -0.3 is 4.74 Å². The van der Waals surface area contributed by atoms with Gasteiger partial charge >= 0.3 is 0 Å². The summed E-state index contributed by atoms with van der Waals surface area (Å²) in [7, 11) is -0.0804. The van der Waals surface area contributed by atoms with E-state index in [1.165, 1.54) is 18.4 Å². The third-order valence-corrected chi connectivity index (χ3v) is 7.84. The van der Waals surface area contributed by atoms with Gasteiger partial charge in [0.25, 0.3) is 0 Å². The summed E-state index contributed by atoms with van der Waals surface area (Å²) in [5, 5.41) is 0. The zero-order valence-electron chi connectivity index (χ0n) is 13.5. The molecular weight excluding hydrogens is 266 g/mol. The molecule has 1 saturated carbocycles. The van der Waals surface area contributed by atoms with Crippen LogP contribution in [0, 0.1) is 5.92 Å². The molecule has 0 aromatic carbocycles. The Balaban J connectivity index is 1.68. The minimum atomic E-state index is -0.0804. The fraction of sp³-hybridized carbons (Fsp3) is 0.706. The van der Waals surface area contributed by atoms with Crippen LogP contribution in [0.2, 0.25) is 0 Å². The van der Waals surface area contributed by atoms with Crippen molar-refractivity contribution >= 4 is 10.9 Å². The zero-order valence-corrected chi connectivity index (χ0v) is 14.4. The number of hydrogen-bond acceptors (Lipinski definition) is 2. The minimum absolute atomic E-state index is 0.0804. The molecule has 0 radical (unpaired) electrons. The molecule has 114 valence electrons. The summed E-state index contributed by atoms with van der Waals surface area (Å²) in [4.78, 5) is 4.21. The van der Waals surface area contributed by atoms with Crippen LogP contribution in [-0.2, 0) is 4.74 Å². The van der Waals surface area contributed by atoms with Crippen LogP contribution in [0.1, 0.15) is 52.0 Å². The van der Waals surface area contributed by atoms with Gasteiger partial charge in [0.15, 0.2) is 0 Å². The standard InChI is InChI=1S/C17H29NOS/c1-13(20(5)17(2,3)4)19-10-8-14-11-16(14)15-7-6-9-18-12-15/h6-7,9,12-14,16,20H,8,10-11H2,1-5H3/t13-,14?,16?/m0/s1. The highest BCUT2D eigenvalue weighted by Crippen LogP contribution is 2.49. The van der Waals surface area contributed by atoms with Gasteiger partial charge in [-0.1, -0.05) is 26.8 Å². The first-order valence-corrected chi connectivity index (χ1v) is 9.50. The third-order valence-electron chi connectivity index (χ3n) is 4.49. The van der Waals surface area contributed by atoms with Crippen molar-refractivity contribution in [2.24, 2.45) is 5.92 Å². The smallest absolute Gasteiger partial charge is 0.0828 e. The number of nitrogens with zero attached hydrogens (tertiary/aromatic N) is 1. The summed E-state index contributed by atoms with van der Waals surface area (Å²) in [6, 6.07) is 4.24. The second kappa shape index (κ2) is 6.48. The fourth-order valence-electron chi connectivity index (χ4n) is 2.62. The van der Waals surface area contributed by atoms with Crippen molar-refractivity contribution in [1.82, 2.24) is 4.98 Å². The second-order valence-electron chi connectivity index (χ2n) is 6.93. The van der Waals surface area contributed by atoms with E-state index in [9.17, 15) is 0 Å². The van der Waals surface area contributed by atoms with E-state index >= 15 is 0 Å². The van der Waals surface area contributed by atoms with Crippen molar-refractivity contribution in [3.05, 3.63) is 30.1 Å². The quantitative estimate of drug-likeness (QED) is 0.787. The van der Waals surface area contributed by atoms with E-state index in [0.717, 1.165) is 18.4 Å². The van der Waals surface area contributed by atoms with Crippen molar-refractivity contribution in [2.45, 2.75) is 56.6 Å². The van der Waals surface area contributed by atoms with Crippen LogP contribution < -0.4 is 0 Å². The molecule has 1 fully saturated rings. The average molecular weight is 295 g/mol. The molecule has 1 aliphatic carbocycles. The molecule has 0 amide bonds. The van der Waals surface area contributed by atoms with Gasteiger partial charge in [0.2, 0.25) is 0 Å². The van der Waals surface area contributed by atoms with Gasteiger partial charge in [-0.05, 0) is 54.2 Å². The van der Waals surface area contributed by atoms with E-state index in [-0.39, 0.29) is 10.9 Å². The maximum absolute atomic E-state index is 6.08. The molecule has 0 aliphatic heterocycles. The maximum Gasteiger partial charge on any atom is 0.0828 e. The van der Waals surface area contributed by atoms with E-state index in [1.807, 2.05) is 18.5 Å². The van der Waals surface area contributed by atoms with Crippen LogP contribution in [0.15, 0.2) is 24.5 Å². The van der Waals surface area contributed by atoms with Crippen LogP contribution in [-0.4, -0.2) is 28.0 Å². The Bertz CT molecular complexity index is 415.